The summed E-state index contributed by atoms with van der Waals surface area (Å²) >= 11 is 0. The third-order valence-corrected chi connectivity index (χ3v) is 6.14. The van der Waals surface area contributed by atoms with Gasteiger partial charge >= 0.3 is 0 Å². The number of rotatable bonds is 7. The van der Waals surface area contributed by atoms with Crippen molar-refractivity contribution >= 4 is 5.91 Å². The van der Waals surface area contributed by atoms with E-state index in [1.54, 1.807) is 0 Å². The van der Waals surface area contributed by atoms with Gasteiger partial charge in [0.1, 0.15) is 0 Å². The smallest absolute Gasteiger partial charge is 0.234 e. The molecule has 0 aromatic heterocycles. The zero-order valence-electron chi connectivity index (χ0n) is 24.4. The molecule has 1 aliphatic rings. The molecule has 1 fully saturated rings. The maximum atomic E-state index is 13.9. The second-order valence-electron chi connectivity index (χ2n) is 8.84. The van der Waals surface area contributed by atoms with Gasteiger partial charge in [0.25, 0.3) is 0 Å². The minimum atomic E-state index is -0.304. The van der Waals surface area contributed by atoms with Gasteiger partial charge in [-0.15, -0.1) is 0 Å². The summed E-state index contributed by atoms with van der Waals surface area (Å²) in [6.07, 6.45) is 3.74. The third-order valence-electron chi connectivity index (χ3n) is 6.14. The highest BCUT2D eigenvalue weighted by molar-refractivity contribution is 5.87. The Labute approximate surface area is 227 Å². The van der Waals surface area contributed by atoms with Gasteiger partial charge in [-0.1, -0.05) is 139 Å². The Bertz CT molecular complexity index is 898. The van der Waals surface area contributed by atoms with Crippen LogP contribution in [-0.4, -0.2) is 42.4 Å². The van der Waals surface area contributed by atoms with E-state index in [1.165, 1.54) is 24.8 Å². The minimum Gasteiger partial charge on any atom is -0.337 e. The molecule has 3 aromatic rings. The van der Waals surface area contributed by atoms with Crippen molar-refractivity contribution in [1.82, 2.24) is 9.80 Å². The van der Waals surface area contributed by atoms with Gasteiger partial charge in [-0.3, -0.25) is 4.79 Å². The lowest BCUT2D eigenvalue weighted by atomic mass is 9.89. The van der Waals surface area contributed by atoms with Crippen LogP contribution in [0.2, 0.25) is 0 Å². The van der Waals surface area contributed by atoms with E-state index in [0.29, 0.717) is 0 Å². The fourth-order valence-electron chi connectivity index (χ4n) is 4.46. The van der Waals surface area contributed by atoms with Crippen LogP contribution >= 0.6 is 0 Å². The molecular weight excluding hydrogens is 452 g/mol. The monoisotopic (exact) mass is 502 g/mol. The molecule has 4 rings (SSSR count). The quantitative estimate of drug-likeness (QED) is 0.323. The highest BCUT2D eigenvalue weighted by Crippen LogP contribution is 2.31. The number of carbonyl (C=O) groups excluding carboxylic acids is 1. The lowest BCUT2D eigenvalue weighted by molar-refractivity contribution is -0.133. The first-order chi connectivity index (χ1) is 18.2. The number of nitrogens with zero attached hydrogens (tertiary/aromatic N) is 2. The van der Waals surface area contributed by atoms with Crippen molar-refractivity contribution in [2.45, 2.75) is 72.8 Å². The van der Waals surface area contributed by atoms with Crippen LogP contribution in [0.5, 0.6) is 0 Å². The van der Waals surface area contributed by atoms with E-state index < -0.39 is 0 Å². The van der Waals surface area contributed by atoms with Crippen LogP contribution in [0.15, 0.2) is 91.0 Å². The molecular formula is C34H50N2O. The second kappa shape index (κ2) is 19.2. The van der Waals surface area contributed by atoms with Crippen LogP contribution in [0.1, 0.15) is 89.5 Å². The molecule has 1 aliphatic heterocycles. The molecule has 202 valence electrons. The van der Waals surface area contributed by atoms with Crippen LogP contribution in [0, 0.1) is 0 Å². The molecule has 1 unspecified atom stereocenters. The Kier molecular flexibility index (Phi) is 16.7. The zero-order valence-corrected chi connectivity index (χ0v) is 24.4. The van der Waals surface area contributed by atoms with Crippen molar-refractivity contribution in [3.63, 3.8) is 0 Å². The Hall–Kier alpha value is -2.91. The summed E-state index contributed by atoms with van der Waals surface area (Å²) in [6.45, 7) is 15.4. The van der Waals surface area contributed by atoms with Crippen molar-refractivity contribution in [1.29, 1.82) is 0 Å². The number of likely N-dealkylation sites (N-methyl/N-ethyl adjacent to an activating group) is 1. The predicted molar refractivity (Wildman–Crippen MR) is 161 cm³/mol. The lowest BCUT2D eigenvalue weighted by Gasteiger charge is -2.34. The number of amides is 1. The molecule has 0 spiro atoms. The maximum Gasteiger partial charge on any atom is 0.234 e. The van der Waals surface area contributed by atoms with Crippen LogP contribution < -0.4 is 0 Å². The summed E-state index contributed by atoms with van der Waals surface area (Å²) in [5, 5.41) is 0. The molecule has 3 heteroatoms. The third kappa shape index (κ3) is 10.2. The van der Waals surface area contributed by atoms with E-state index in [9.17, 15) is 4.79 Å². The molecule has 0 saturated carbocycles. The molecule has 1 amide bonds. The Morgan fingerprint density at radius 3 is 1.43 bits per heavy atom. The van der Waals surface area contributed by atoms with E-state index in [2.05, 4.69) is 67.3 Å². The number of benzene rings is 3. The Morgan fingerprint density at radius 2 is 1.05 bits per heavy atom. The molecule has 37 heavy (non-hydrogen) atoms. The largest absolute Gasteiger partial charge is 0.337 e. The van der Waals surface area contributed by atoms with E-state index in [-0.39, 0.29) is 17.9 Å². The highest BCUT2D eigenvalue weighted by Gasteiger charge is 2.31. The van der Waals surface area contributed by atoms with Gasteiger partial charge in [0.15, 0.2) is 0 Å². The van der Waals surface area contributed by atoms with Crippen molar-refractivity contribution in [3.8, 4) is 0 Å². The van der Waals surface area contributed by atoms with Gasteiger partial charge in [0, 0.05) is 13.6 Å². The predicted octanol–water partition coefficient (Wildman–Crippen LogP) is 8.58. The van der Waals surface area contributed by atoms with Crippen LogP contribution in [0.4, 0.5) is 0 Å². The number of carbonyl (C=O) groups is 1. The molecule has 0 bridgehead atoms. The van der Waals surface area contributed by atoms with E-state index in [0.717, 1.165) is 30.8 Å². The summed E-state index contributed by atoms with van der Waals surface area (Å²) in [5.41, 5.74) is 3.27. The van der Waals surface area contributed by atoms with Crippen LogP contribution in [0.3, 0.4) is 0 Å². The number of likely N-dealkylation sites (tertiary alicyclic amines) is 1. The van der Waals surface area contributed by atoms with Gasteiger partial charge in [0.05, 0.1) is 12.0 Å². The molecule has 1 atom stereocenters. The topological polar surface area (TPSA) is 23.6 Å². The van der Waals surface area contributed by atoms with E-state index in [4.69, 9.17) is 0 Å². The molecule has 0 radical (unpaired) electrons. The Balaban J connectivity index is 0.000000894. The van der Waals surface area contributed by atoms with E-state index in [1.807, 2.05) is 82.1 Å². The molecule has 3 nitrogen and oxygen atoms in total. The fraction of sp³-hybridized carbons (Fsp3) is 0.441. The highest BCUT2D eigenvalue weighted by atomic mass is 16.2. The van der Waals surface area contributed by atoms with Crippen molar-refractivity contribution in [2.24, 2.45) is 0 Å². The average Bonchev–Trinajstić information content (AvgIpc) is 3.49. The first kappa shape index (κ1) is 32.1. The first-order valence-corrected chi connectivity index (χ1v) is 14.3. The summed E-state index contributed by atoms with van der Waals surface area (Å²) in [7, 11) is 1.97. The van der Waals surface area contributed by atoms with Crippen molar-refractivity contribution < 1.29 is 4.79 Å². The maximum absolute atomic E-state index is 13.9. The minimum absolute atomic E-state index is 0.0340. The average molecular weight is 503 g/mol. The molecule has 3 aromatic carbocycles. The van der Waals surface area contributed by atoms with E-state index >= 15 is 0 Å². The molecule has 1 heterocycles. The van der Waals surface area contributed by atoms with Crippen molar-refractivity contribution in [3.05, 3.63) is 108 Å². The lowest BCUT2D eigenvalue weighted by Crippen LogP contribution is -2.40. The summed E-state index contributed by atoms with van der Waals surface area (Å²) < 4.78 is 0. The normalized spacial score (nSPS) is 13.2. The standard InChI is InChI=1S/C27H30N2O.C3H8.2C2H6/c1-28(25(21-29-19-11-12-20-29)22-13-5-2-6-14-22)27(30)26(23-15-7-3-8-16-23)24-17-9-4-10-18-24;1-3-2;2*1-2/h2-10,13-18,25-26H,11-12,19-21H2,1H3;3H2,1-2H3;2*1-2H3. The van der Waals surface area contributed by atoms with Gasteiger partial charge < -0.3 is 9.80 Å². The molecule has 1 saturated heterocycles. The SMILES string of the molecule is CC.CC.CCC.CN(C(=O)C(c1ccccc1)c1ccccc1)C(CN1CCCC1)c1ccccc1. The van der Waals surface area contributed by atoms with Crippen LogP contribution in [-0.2, 0) is 4.79 Å². The number of hydrogen-bond acceptors (Lipinski definition) is 2. The van der Waals surface area contributed by atoms with Gasteiger partial charge in [-0.2, -0.15) is 0 Å². The Morgan fingerprint density at radius 1 is 0.703 bits per heavy atom. The molecule has 0 N–H and O–H groups in total. The second-order valence-corrected chi connectivity index (χ2v) is 8.84. The first-order valence-electron chi connectivity index (χ1n) is 14.3. The van der Waals surface area contributed by atoms with Crippen molar-refractivity contribution in [2.75, 3.05) is 26.7 Å². The van der Waals surface area contributed by atoms with Gasteiger partial charge in [0.2, 0.25) is 5.91 Å². The molecule has 0 aliphatic carbocycles. The summed E-state index contributed by atoms with van der Waals surface area (Å²) in [6, 6.07) is 30.8. The van der Waals surface area contributed by atoms with Gasteiger partial charge in [-0.25, -0.2) is 0 Å². The zero-order chi connectivity index (χ0) is 27.5. The number of hydrogen-bond donors (Lipinski definition) is 0. The van der Waals surface area contributed by atoms with Gasteiger partial charge in [-0.05, 0) is 42.6 Å². The fourth-order valence-corrected chi connectivity index (χ4v) is 4.46. The summed E-state index contributed by atoms with van der Waals surface area (Å²) in [5.74, 6) is -0.164. The van der Waals surface area contributed by atoms with Crippen LogP contribution in [0.25, 0.3) is 0 Å². The summed E-state index contributed by atoms with van der Waals surface area (Å²) in [4.78, 5) is 18.4.